The highest BCUT2D eigenvalue weighted by Gasteiger charge is 2.36. The van der Waals surface area contributed by atoms with Crippen LogP contribution in [0.15, 0.2) is 36.4 Å². The van der Waals surface area contributed by atoms with E-state index >= 15 is 0 Å². The van der Waals surface area contributed by atoms with Crippen molar-refractivity contribution in [1.29, 1.82) is 0 Å². The number of ketones is 1. The highest BCUT2D eigenvalue weighted by atomic mass is 19.1. The van der Waals surface area contributed by atoms with E-state index in [1.807, 2.05) is 20.8 Å². The molecule has 1 N–H and O–H groups in total. The van der Waals surface area contributed by atoms with Crippen molar-refractivity contribution >= 4 is 17.7 Å². The maximum atomic E-state index is 14.2. The van der Waals surface area contributed by atoms with Gasteiger partial charge in [0.1, 0.15) is 11.6 Å². The number of hydrogen-bond donors (Lipinski definition) is 1. The first-order valence-electron chi connectivity index (χ1n) is 16.3. The second-order valence-electron chi connectivity index (χ2n) is 12.5. The van der Waals surface area contributed by atoms with Crippen LogP contribution in [0.3, 0.4) is 0 Å². The number of carbonyl (C=O) groups is 3. The molecule has 2 aliphatic rings. The summed E-state index contributed by atoms with van der Waals surface area (Å²) in [5.41, 5.74) is 1.91. The number of nitrogens with zero attached hydrogens (tertiary/aromatic N) is 3. The smallest absolute Gasteiger partial charge is 0.320 e. The average Bonchev–Trinajstić information content (AvgIpc) is 3.03. The van der Waals surface area contributed by atoms with Crippen molar-refractivity contribution in [2.24, 2.45) is 11.8 Å². The minimum absolute atomic E-state index is 0.0773. The van der Waals surface area contributed by atoms with Gasteiger partial charge in [-0.05, 0) is 86.4 Å². The van der Waals surface area contributed by atoms with Gasteiger partial charge in [0.25, 0.3) is 5.91 Å². The van der Waals surface area contributed by atoms with E-state index in [-0.39, 0.29) is 36.5 Å². The minimum atomic E-state index is -1.00. The number of likely N-dealkylation sites (tertiary alicyclic amines) is 1. The maximum Gasteiger partial charge on any atom is 0.320 e. The summed E-state index contributed by atoms with van der Waals surface area (Å²) in [5.74, 6) is -2.83. The second kappa shape index (κ2) is 16.3. The third-order valence-corrected chi connectivity index (χ3v) is 8.76. The van der Waals surface area contributed by atoms with Gasteiger partial charge in [-0.3, -0.25) is 9.59 Å². The van der Waals surface area contributed by atoms with Gasteiger partial charge in [0.2, 0.25) is 0 Å². The molecule has 8 nitrogen and oxygen atoms in total. The van der Waals surface area contributed by atoms with Crippen molar-refractivity contribution < 1.29 is 33.0 Å². The molecule has 3 amide bonds. The third-order valence-electron chi connectivity index (χ3n) is 8.76. The fourth-order valence-electron chi connectivity index (χ4n) is 6.61. The molecular formula is C35H47F2N3O5. The molecule has 0 spiro atoms. The van der Waals surface area contributed by atoms with Gasteiger partial charge in [-0.1, -0.05) is 13.8 Å². The molecule has 10 heteroatoms. The van der Waals surface area contributed by atoms with Crippen molar-refractivity contribution in [2.75, 3.05) is 52.5 Å². The molecule has 2 aromatic rings. The van der Waals surface area contributed by atoms with E-state index in [4.69, 9.17) is 4.74 Å². The molecule has 246 valence electrons. The van der Waals surface area contributed by atoms with Crippen molar-refractivity contribution in [2.45, 2.75) is 65.4 Å². The molecule has 2 aromatic carbocycles. The van der Waals surface area contributed by atoms with E-state index in [0.29, 0.717) is 82.0 Å². The number of aryl methyl sites for hydroxylation is 1. The summed E-state index contributed by atoms with van der Waals surface area (Å²) in [6, 6.07) is 8.28. The number of carbonyl (C=O) groups excluding carboxylic acids is 3. The molecule has 4 rings (SSSR count). The number of ether oxygens (including phenoxy) is 1. The van der Waals surface area contributed by atoms with Gasteiger partial charge < -0.3 is 24.5 Å². The lowest BCUT2D eigenvalue weighted by molar-refractivity contribution is 0.00575. The fraction of sp³-hybridized carbons (Fsp3) is 0.571. The van der Waals surface area contributed by atoms with Crippen LogP contribution < -0.4 is 0 Å². The molecular weight excluding hydrogens is 580 g/mol. The van der Waals surface area contributed by atoms with Crippen LogP contribution >= 0.6 is 0 Å². The first-order chi connectivity index (χ1) is 21.6. The Kier molecular flexibility index (Phi) is 12.5. The predicted octanol–water partition coefficient (Wildman–Crippen LogP) is 5.49. The lowest BCUT2D eigenvalue weighted by Gasteiger charge is -2.40. The summed E-state index contributed by atoms with van der Waals surface area (Å²) in [7, 11) is 0. The molecule has 2 unspecified atom stereocenters. The van der Waals surface area contributed by atoms with E-state index in [9.17, 15) is 28.3 Å². The summed E-state index contributed by atoms with van der Waals surface area (Å²) in [6.07, 6.45) is 1.98. The van der Waals surface area contributed by atoms with Crippen LogP contribution in [0, 0.1) is 30.4 Å². The average molecular weight is 628 g/mol. The zero-order valence-electron chi connectivity index (χ0n) is 26.8. The Bertz CT molecular complexity index is 1310. The second-order valence-corrected chi connectivity index (χ2v) is 12.5. The van der Waals surface area contributed by atoms with Crippen LogP contribution in [0.4, 0.5) is 13.6 Å². The molecule has 2 aliphatic heterocycles. The van der Waals surface area contributed by atoms with Crippen molar-refractivity contribution in [3.8, 4) is 0 Å². The summed E-state index contributed by atoms with van der Waals surface area (Å²) in [4.78, 5) is 45.7. The lowest BCUT2D eigenvalue weighted by Crippen LogP contribution is -2.52. The number of rotatable bonds is 12. The molecule has 0 saturated carbocycles. The topological polar surface area (TPSA) is 90.4 Å². The van der Waals surface area contributed by atoms with Crippen molar-refractivity contribution in [3.63, 3.8) is 0 Å². The maximum absolute atomic E-state index is 14.2. The summed E-state index contributed by atoms with van der Waals surface area (Å²) in [6.45, 7) is 10.0. The summed E-state index contributed by atoms with van der Waals surface area (Å²) >= 11 is 0. The molecule has 2 saturated heterocycles. The van der Waals surface area contributed by atoms with Crippen molar-refractivity contribution in [1.82, 2.24) is 14.7 Å². The van der Waals surface area contributed by atoms with Crippen LogP contribution in [0.2, 0.25) is 0 Å². The Labute approximate surface area is 265 Å². The standard InChI is InChI=1S/C35H47F2N3O5/c1-4-8-38(9-5-2)34(43)29-16-24(3)15-27(20-29)32(41)21-28(17-25-18-30(36)22-31(37)19-25)33(42)26-7-6-10-40(23-26)35(44)39-11-13-45-14-12-39/h15-16,18-20,22,26,28,33,42H,4-14,17,21,23H2,1-3H3/t26?,28?,33-/m1/s1. The Morgan fingerprint density at radius 3 is 2.22 bits per heavy atom. The molecule has 2 fully saturated rings. The van der Waals surface area contributed by atoms with Crippen LogP contribution in [-0.4, -0.2) is 96.1 Å². The molecule has 2 heterocycles. The number of Topliss-reactive ketones (excluding diaryl/α,β-unsaturated/α-hetero) is 1. The van der Waals surface area contributed by atoms with Gasteiger partial charge in [-0.2, -0.15) is 0 Å². The molecule has 45 heavy (non-hydrogen) atoms. The monoisotopic (exact) mass is 627 g/mol. The fourth-order valence-corrected chi connectivity index (χ4v) is 6.61. The van der Waals surface area contributed by atoms with E-state index in [2.05, 4.69) is 0 Å². The number of amides is 3. The van der Waals surface area contributed by atoms with Crippen LogP contribution in [0.5, 0.6) is 0 Å². The number of piperidine rings is 1. The van der Waals surface area contributed by atoms with Gasteiger partial charge >= 0.3 is 6.03 Å². The molecule has 0 aromatic heterocycles. The van der Waals surface area contributed by atoms with E-state index in [1.54, 1.807) is 32.9 Å². The number of aliphatic hydroxyl groups is 1. The van der Waals surface area contributed by atoms with E-state index in [1.165, 1.54) is 12.1 Å². The first kappa shape index (κ1) is 34.5. The zero-order valence-corrected chi connectivity index (χ0v) is 26.8. The minimum Gasteiger partial charge on any atom is -0.392 e. The number of hydrogen-bond acceptors (Lipinski definition) is 5. The third kappa shape index (κ3) is 9.33. The predicted molar refractivity (Wildman–Crippen MR) is 168 cm³/mol. The van der Waals surface area contributed by atoms with Crippen molar-refractivity contribution in [3.05, 3.63) is 70.3 Å². The van der Waals surface area contributed by atoms with Crippen LogP contribution in [0.25, 0.3) is 0 Å². The van der Waals surface area contributed by atoms with Gasteiger partial charge in [-0.15, -0.1) is 0 Å². The number of benzene rings is 2. The Morgan fingerprint density at radius 2 is 1.58 bits per heavy atom. The Hall–Kier alpha value is -3.37. The Morgan fingerprint density at radius 1 is 0.933 bits per heavy atom. The van der Waals surface area contributed by atoms with Gasteiger partial charge in [0.15, 0.2) is 5.78 Å². The van der Waals surface area contributed by atoms with Gasteiger partial charge in [0.05, 0.1) is 19.3 Å². The number of aliphatic hydroxyl groups excluding tert-OH is 1. The quantitative estimate of drug-likeness (QED) is 0.315. The van der Waals surface area contributed by atoms with E-state index < -0.39 is 23.7 Å². The summed E-state index contributed by atoms with van der Waals surface area (Å²) in [5, 5.41) is 11.8. The summed E-state index contributed by atoms with van der Waals surface area (Å²) < 4.78 is 33.7. The van der Waals surface area contributed by atoms with Gasteiger partial charge in [0, 0.05) is 68.8 Å². The highest BCUT2D eigenvalue weighted by Crippen LogP contribution is 2.30. The largest absolute Gasteiger partial charge is 0.392 e. The van der Waals surface area contributed by atoms with Gasteiger partial charge in [-0.25, -0.2) is 13.6 Å². The number of halogens is 2. The van der Waals surface area contributed by atoms with E-state index in [0.717, 1.165) is 24.5 Å². The molecule has 0 bridgehead atoms. The normalized spacial score (nSPS) is 18.4. The van der Waals surface area contributed by atoms with Crippen LogP contribution in [0.1, 0.15) is 77.8 Å². The molecule has 0 aliphatic carbocycles. The zero-order chi connectivity index (χ0) is 32.5. The lowest BCUT2D eigenvalue weighted by atomic mass is 9.79. The Balaban J connectivity index is 1.57. The SMILES string of the molecule is CCCN(CCC)C(=O)c1cc(C)cc(C(=O)CC(Cc2cc(F)cc(F)c2)[C@H](O)C2CCCN(C(=O)N3CCOCC3)C2)c1. The highest BCUT2D eigenvalue weighted by molar-refractivity contribution is 6.01. The molecule has 0 radical (unpaired) electrons. The van der Waals surface area contributed by atoms with Crippen LogP contribution in [-0.2, 0) is 11.2 Å². The first-order valence-corrected chi connectivity index (χ1v) is 16.3. The number of urea groups is 1. The molecule has 3 atom stereocenters. The number of morpholine rings is 1.